The van der Waals surface area contributed by atoms with Gasteiger partial charge in [-0.3, -0.25) is 0 Å². The third-order valence-electron chi connectivity index (χ3n) is 4.75. The zero-order chi connectivity index (χ0) is 20.7. The van der Waals surface area contributed by atoms with Gasteiger partial charge in [0, 0.05) is 45.2 Å². The fourth-order valence-electron chi connectivity index (χ4n) is 3.32. The Morgan fingerprint density at radius 1 is 1.07 bits per heavy atom. The molecular formula is C21H29N5O2S. The lowest BCUT2D eigenvalue weighted by molar-refractivity contribution is 0.371. The van der Waals surface area contributed by atoms with Gasteiger partial charge in [-0.15, -0.1) is 0 Å². The summed E-state index contributed by atoms with van der Waals surface area (Å²) >= 11 is 0. The van der Waals surface area contributed by atoms with Crippen LogP contribution in [0.1, 0.15) is 18.1 Å². The van der Waals surface area contributed by atoms with Crippen LogP contribution >= 0.6 is 0 Å². The van der Waals surface area contributed by atoms with Gasteiger partial charge in [0.1, 0.15) is 5.82 Å². The first-order valence-electron chi connectivity index (χ1n) is 9.89. The van der Waals surface area contributed by atoms with Gasteiger partial charge in [-0.05, 0) is 30.2 Å². The van der Waals surface area contributed by atoms with E-state index in [9.17, 15) is 8.42 Å². The van der Waals surface area contributed by atoms with Crippen LogP contribution in [0.5, 0.6) is 0 Å². The number of sulfone groups is 1. The van der Waals surface area contributed by atoms with Gasteiger partial charge in [0.25, 0.3) is 0 Å². The van der Waals surface area contributed by atoms with E-state index < -0.39 is 9.84 Å². The highest BCUT2D eigenvalue weighted by molar-refractivity contribution is 7.89. The minimum absolute atomic E-state index is 0.0692. The number of benzene rings is 1. The maximum atomic E-state index is 11.4. The molecule has 2 heterocycles. The van der Waals surface area contributed by atoms with Crippen LogP contribution in [0.3, 0.4) is 0 Å². The summed E-state index contributed by atoms with van der Waals surface area (Å²) in [5.74, 6) is 2.00. The van der Waals surface area contributed by atoms with Gasteiger partial charge in [0.15, 0.2) is 15.8 Å². The first-order chi connectivity index (χ1) is 13.9. The average Bonchev–Trinajstić information content (AvgIpc) is 2.72. The normalized spacial score (nSPS) is 15.4. The lowest BCUT2D eigenvalue weighted by Crippen LogP contribution is -2.52. The largest absolute Gasteiger partial charge is 0.357 e. The molecule has 1 fully saturated rings. The van der Waals surface area contributed by atoms with E-state index in [-0.39, 0.29) is 5.75 Å². The van der Waals surface area contributed by atoms with Gasteiger partial charge in [0.05, 0.1) is 12.3 Å². The van der Waals surface area contributed by atoms with Crippen molar-refractivity contribution >= 4 is 21.6 Å². The van der Waals surface area contributed by atoms with Crippen LogP contribution in [0.4, 0.5) is 5.82 Å². The molecule has 0 unspecified atom stereocenters. The molecule has 0 radical (unpaired) electrons. The summed E-state index contributed by atoms with van der Waals surface area (Å²) in [6.07, 6.45) is 3.08. The van der Waals surface area contributed by atoms with E-state index in [2.05, 4.69) is 27.0 Å². The SMILES string of the molecule is CCNC(=NCc1ccc(CS(C)(=O)=O)cc1)N1CCN(c2ccccn2)CC1. The maximum absolute atomic E-state index is 11.4. The van der Waals surface area contributed by atoms with E-state index in [4.69, 9.17) is 4.99 Å². The quantitative estimate of drug-likeness (QED) is 0.574. The summed E-state index contributed by atoms with van der Waals surface area (Å²) in [5, 5.41) is 3.38. The van der Waals surface area contributed by atoms with Gasteiger partial charge >= 0.3 is 0 Å². The number of hydrogen-bond donors (Lipinski definition) is 1. The molecule has 1 saturated heterocycles. The maximum Gasteiger partial charge on any atom is 0.194 e. The Labute approximate surface area is 173 Å². The van der Waals surface area contributed by atoms with E-state index in [0.717, 1.165) is 55.6 Å². The van der Waals surface area contributed by atoms with Crippen molar-refractivity contribution < 1.29 is 8.42 Å². The molecule has 0 spiro atoms. The van der Waals surface area contributed by atoms with E-state index in [1.165, 1.54) is 6.26 Å². The Hall–Kier alpha value is -2.61. The van der Waals surface area contributed by atoms with Crippen molar-refractivity contribution in [3.8, 4) is 0 Å². The van der Waals surface area contributed by atoms with Gasteiger partial charge in [-0.25, -0.2) is 18.4 Å². The Kier molecular flexibility index (Phi) is 7.09. The zero-order valence-electron chi connectivity index (χ0n) is 17.1. The van der Waals surface area contributed by atoms with Crippen LogP contribution in [0.15, 0.2) is 53.7 Å². The number of nitrogens with one attached hydrogen (secondary N) is 1. The molecule has 0 atom stereocenters. The number of anilines is 1. The third-order valence-corrected chi connectivity index (χ3v) is 5.61. The Bertz CT molecular complexity index is 906. The number of piperazine rings is 1. The number of aromatic nitrogens is 1. The Morgan fingerprint density at radius 2 is 1.76 bits per heavy atom. The van der Waals surface area contributed by atoms with Crippen LogP contribution in [0.2, 0.25) is 0 Å². The van der Waals surface area contributed by atoms with Gasteiger partial charge in [-0.2, -0.15) is 0 Å². The smallest absolute Gasteiger partial charge is 0.194 e. The average molecular weight is 416 g/mol. The number of nitrogens with zero attached hydrogens (tertiary/aromatic N) is 4. The lowest BCUT2D eigenvalue weighted by atomic mass is 10.1. The number of rotatable bonds is 6. The molecule has 0 saturated carbocycles. The molecule has 2 aromatic rings. The second-order valence-corrected chi connectivity index (χ2v) is 9.36. The Balaban J connectivity index is 1.60. The molecular weight excluding hydrogens is 386 g/mol. The van der Waals surface area contributed by atoms with Crippen molar-refractivity contribution in [2.45, 2.75) is 19.2 Å². The molecule has 1 aromatic carbocycles. The van der Waals surface area contributed by atoms with Crippen molar-refractivity contribution in [1.29, 1.82) is 0 Å². The summed E-state index contributed by atoms with van der Waals surface area (Å²) in [6, 6.07) is 13.6. The van der Waals surface area contributed by atoms with Crippen molar-refractivity contribution in [2.24, 2.45) is 4.99 Å². The van der Waals surface area contributed by atoms with Crippen molar-refractivity contribution in [3.63, 3.8) is 0 Å². The number of aliphatic imine (C=N–C) groups is 1. The van der Waals surface area contributed by atoms with Gasteiger partial charge in [-0.1, -0.05) is 30.3 Å². The van der Waals surface area contributed by atoms with E-state index in [0.29, 0.717) is 6.54 Å². The molecule has 7 nitrogen and oxygen atoms in total. The number of pyridine rings is 1. The van der Waals surface area contributed by atoms with Crippen LogP contribution in [-0.2, 0) is 22.1 Å². The minimum Gasteiger partial charge on any atom is -0.357 e. The standard InChI is InChI=1S/C21H29N5O2S/c1-3-22-21(24-16-18-7-9-19(10-8-18)17-29(2,27)28)26-14-12-25(13-15-26)20-6-4-5-11-23-20/h4-11H,3,12-17H2,1-2H3,(H,22,24). The molecule has 0 bridgehead atoms. The minimum atomic E-state index is -3.01. The molecule has 8 heteroatoms. The highest BCUT2D eigenvalue weighted by atomic mass is 32.2. The van der Waals surface area contributed by atoms with Gasteiger partial charge in [0.2, 0.25) is 0 Å². The highest BCUT2D eigenvalue weighted by Crippen LogP contribution is 2.13. The van der Waals surface area contributed by atoms with Crippen molar-refractivity contribution in [1.82, 2.24) is 15.2 Å². The second kappa shape index (κ2) is 9.73. The molecule has 1 aromatic heterocycles. The predicted molar refractivity (Wildman–Crippen MR) is 118 cm³/mol. The van der Waals surface area contributed by atoms with Gasteiger partial charge < -0.3 is 15.1 Å². The summed E-state index contributed by atoms with van der Waals surface area (Å²) in [4.78, 5) is 13.8. The van der Waals surface area contributed by atoms with Crippen LogP contribution in [-0.4, -0.2) is 63.2 Å². The van der Waals surface area contributed by atoms with E-state index in [1.54, 1.807) is 0 Å². The van der Waals surface area contributed by atoms with Crippen LogP contribution in [0.25, 0.3) is 0 Å². The third kappa shape index (κ3) is 6.45. The van der Waals surface area contributed by atoms with Crippen LogP contribution < -0.4 is 10.2 Å². The van der Waals surface area contributed by atoms with E-state index >= 15 is 0 Å². The molecule has 29 heavy (non-hydrogen) atoms. The van der Waals surface area contributed by atoms with Crippen molar-refractivity contribution in [2.75, 3.05) is 43.9 Å². The van der Waals surface area contributed by atoms with Crippen molar-refractivity contribution in [3.05, 3.63) is 59.8 Å². The highest BCUT2D eigenvalue weighted by Gasteiger charge is 2.20. The fraction of sp³-hybridized carbons (Fsp3) is 0.429. The monoisotopic (exact) mass is 415 g/mol. The molecule has 1 N–H and O–H groups in total. The molecule has 3 rings (SSSR count). The summed E-state index contributed by atoms with van der Waals surface area (Å²) < 4.78 is 22.8. The fourth-order valence-corrected chi connectivity index (χ4v) is 4.12. The lowest BCUT2D eigenvalue weighted by Gasteiger charge is -2.37. The predicted octanol–water partition coefficient (Wildman–Crippen LogP) is 1.91. The summed E-state index contributed by atoms with van der Waals surface area (Å²) in [6.45, 7) is 7.02. The summed E-state index contributed by atoms with van der Waals surface area (Å²) in [5.41, 5.74) is 1.86. The second-order valence-electron chi connectivity index (χ2n) is 7.22. The number of hydrogen-bond acceptors (Lipinski definition) is 5. The molecule has 0 aliphatic carbocycles. The van der Waals surface area contributed by atoms with Crippen LogP contribution in [0, 0.1) is 0 Å². The summed E-state index contributed by atoms with van der Waals surface area (Å²) in [7, 11) is -3.01. The first kappa shape index (κ1) is 21.1. The Morgan fingerprint density at radius 3 is 2.34 bits per heavy atom. The topological polar surface area (TPSA) is 77.9 Å². The molecule has 156 valence electrons. The molecule has 1 aliphatic rings. The first-order valence-corrected chi connectivity index (χ1v) is 12.0. The van der Waals surface area contributed by atoms with E-state index in [1.807, 2.05) is 48.7 Å². The molecule has 0 amide bonds. The number of guanidine groups is 1. The zero-order valence-corrected chi connectivity index (χ0v) is 17.9. The molecule has 1 aliphatic heterocycles.